The first-order valence-corrected chi connectivity index (χ1v) is 11.5. The molecule has 2 aliphatic rings. The van der Waals surface area contributed by atoms with Gasteiger partial charge in [0.15, 0.2) is 0 Å². The summed E-state index contributed by atoms with van der Waals surface area (Å²) in [5.74, 6) is -1.78. The number of ether oxygens (including phenoxy) is 2. The summed E-state index contributed by atoms with van der Waals surface area (Å²) in [6.45, 7) is 7.55. The number of rotatable bonds is 6. The van der Waals surface area contributed by atoms with Crippen LogP contribution in [0.1, 0.15) is 56.0 Å². The van der Waals surface area contributed by atoms with Crippen molar-refractivity contribution in [2.75, 3.05) is 38.2 Å². The lowest BCUT2D eigenvalue weighted by molar-refractivity contribution is -0.136. The van der Waals surface area contributed by atoms with Crippen molar-refractivity contribution in [3.05, 3.63) is 23.3 Å². The highest BCUT2D eigenvalue weighted by Gasteiger charge is 2.29. The number of piperazine rings is 1. The number of amides is 3. The molecule has 3 rings (SSSR count). The molecular weight excluding hydrogens is 442 g/mol. The number of carboxylic acid groups (broad SMARTS) is 1. The fourth-order valence-electron chi connectivity index (χ4n) is 4.26. The molecule has 1 unspecified atom stereocenters. The fourth-order valence-corrected chi connectivity index (χ4v) is 4.26. The van der Waals surface area contributed by atoms with Crippen LogP contribution in [0.5, 0.6) is 5.75 Å². The van der Waals surface area contributed by atoms with Crippen LogP contribution in [0.4, 0.5) is 10.5 Å². The number of carbonyl (C=O) groups is 4. The number of carboxylic acids is 1. The largest absolute Gasteiger partial charge is 0.496 e. The zero-order valence-corrected chi connectivity index (χ0v) is 20.2. The quantitative estimate of drug-likeness (QED) is 0.601. The maximum absolute atomic E-state index is 12.4. The number of nitrogens with one attached hydrogen (secondary N) is 1. The Bertz CT molecular complexity index is 962. The molecule has 1 aromatic carbocycles. The predicted molar refractivity (Wildman–Crippen MR) is 124 cm³/mol. The molecular formula is C24H33N3O7. The molecule has 10 heteroatoms. The van der Waals surface area contributed by atoms with Gasteiger partial charge in [-0.05, 0) is 51.7 Å². The van der Waals surface area contributed by atoms with Crippen LogP contribution in [0.15, 0.2) is 12.1 Å². The SMILES string of the molecule is COc1cc(N2CCN(C(=O)OC(C)(C)C)CC2)cc(CCC2CCC(=O)NC2=O)c1C(=O)O. The molecule has 2 N–H and O–H groups in total. The van der Waals surface area contributed by atoms with Crippen LogP contribution in [0, 0.1) is 5.92 Å². The molecule has 2 heterocycles. The van der Waals surface area contributed by atoms with E-state index in [1.807, 2.05) is 26.8 Å². The van der Waals surface area contributed by atoms with Crippen LogP contribution >= 0.6 is 0 Å². The monoisotopic (exact) mass is 475 g/mol. The van der Waals surface area contributed by atoms with Gasteiger partial charge in [-0.1, -0.05) is 0 Å². The van der Waals surface area contributed by atoms with Gasteiger partial charge in [0.2, 0.25) is 11.8 Å². The Morgan fingerprint density at radius 2 is 1.82 bits per heavy atom. The van der Waals surface area contributed by atoms with E-state index >= 15 is 0 Å². The molecule has 1 atom stereocenters. The number of benzene rings is 1. The van der Waals surface area contributed by atoms with E-state index in [1.165, 1.54) is 7.11 Å². The minimum Gasteiger partial charge on any atom is -0.496 e. The zero-order valence-electron chi connectivity index (χ0n) is 20.2. The lowest BCUT2D eigenvalue weighted by Crippen LogP contribution is -2.50. The first-order valence-electron chi connectivity index (χ1n) is 11.5. The van der Waals surface area contributed by atoms with Crippen molar-refractivity contribution >= 4 is 29.6 Å². The summed E-state index contributed by atoms with van der Waals surface area (Å²) in [5.41, 5.74) is 0.877. The minimum atomic E-state index is -1.10. The maximum atomic E-state index is 12.4. The highest BCUT2D eigenvalue weighted by atomic mass is 16.6. The van der Waals surface area contributed by atoms with Crippen LogP contribution in [0.2, 0.25) is 0 Å². The average Bonchev–Trinajstić information content (AvgIpc) is 2.76. The highest BCUT2D eigenvalue weighted by molar-refractivity contribution is 5.98. The fraction of sp³-hybridized carbons (Fsp3) is 0.583. The molecule has 34 heavy (non-hydrogen) atoms. The van der Waals surface area contributed by atoms with Crippen LogP contribution in [-0.2, 0) is 20.7 Å². The molecule has 3 amide bonds. The summed E-state index contributed by atoms with van der Waals surface area (Å²) in [6.07, 6.45) is 1.18. The van der Waals surface area contributed by atoms with Crippen LogP contribution in [0.25, 0.3) is 0 Å². The number of piperidine rings is 1. The molecule has 0 bridgehead atoms. The second-order valence-corrected chi connectivity index (χ2v) is 9.63. The van der Waals surface area contributed by atoms with Crippen molar-refractivity contribution in [2.45, 2.75) is 52.1 Å². The summed E-state index contributed by atoms with van der Waals surface area (Å²) in [5, 5.41) is 12.2. The second kappa shape index (κ2) is 10.3. The number of methoxy groups -OCH3 is 1. The van der Waals surface area contributed by atoms with Gasteiger partial charge in [-0.2, -0.15) is 0 Å². The van der Waals surface area contributed by atoms with E-state index < -0.39 is 11.6 Å². The Morgan fingerprint density at radius 3 is 2.38 bits per heavy atom. The van der Waals surface area contributed by atoms with E-state index in [2.05, 4.69) is 10.2 Å². The Labute approximate surface area is 199 Å². The van der Waals surface area contributed by atoms with Gasteiger partial charge in [-0.15, -0.1) is 0 Å². The number of nitrogens with zero attached hydrogens (tertiary/aromatic N) is 2. The predicted octanol–water partition coefficient (Wildman–Crippen LogP) is 2.44. The Balaban J connectivity index is 1.76. The van der Waals surface area contributed by atoms with Crippen LogP contribution < -0.4 is 15.0 Å². The first-order chi connectivity index (χ1) is 16.0. The van der Waals surface area contributed by atoms with Crippen molar-refractivity contribution in [3.8, 4) is 5.75 Å². The normalized spacial score (nSPS) is 19.0. The van der Waals surface area contributed by atoms with Gasteiger partial charge in [-0.3, -0.25) is 14.9 Å². The molecule has 0 spiro atoms. The third kappa shape index (κ3) is 6.18. The van der Waals surface area contributed by atoms with Crippen LogP contribution in [0.3, 0.4) is 0 Å². The van der Waals surface area contributed by atoms with Crippen molar-refractivity contribution in [1.29, 1.82) is 0 Å². The minimum absolute atomic E-state index is 0.0749. The van der Waals surface area contributed by atoms with E-state index in [0.717, 1.165) is 5.69 Å². The number of hydrogen-bond donors (Lipinski definition) is 2. The van der Waals surface area contributed by atoms with Gasteiger partial charge >= 0.3 is 12.1 Å². The molecule has 0 saturated carbocycles. The van der Waals surface area contributed by atoms with Crippen molar-refractivity contribution in [1.82, 2.24) is 10.2 Å². The maximum Gasteiger partial charge on any atom is 0.410 e. The second-order valence-electron chi connectivity index (χ2n) is 9.63. The van der Waals surface area contributed by atoms with Gasteiger partial charge in [0.25, 0.3) is 0 Å². The standard InChI is InChI=1S/C24H33N3O7/c1-24(2,3)34-23(32)27-11-9-26(10-12-27)17-13-16(20(22(30)31)18(14-17)33-4)6-5-15-7-8-19(28)25-21(15)29/h13-15H,5-12H2,1-4H3,(H,30,31)(H,25,28,29). The van der Waals surface area contributed by atoms with Crippen molar-refractivity contribution < 1.29 is 33.8 Å². The van der Waals surface area contributed by atoms with E-state index in [-0.39, 0.29) is 41.6 Å². The van der Waals surface area contributed by atoms with Gasteiger partial charge < -0.3 is 24.4 Å². The van der Waals surface area contributed by atoms with E-state index in [0.29, 0.717) is 51.0 Å². The number of aromatic carboxylic acids is 1. The average molecular weight is 476 g/mol. The molecule has 1 aromatic rings. The van der Waals surface area contributed by atoms with Gasteiger partial charge in [0.1, 0.15) is 16.9 Å². The highest BCUT2D eigenvalue weighted by Crippen LogP contribution is 2.32. The van der Waals surface area contributed by atoms with E-state index in [4.69, 9.17) is 9.47 Å². The number of aryl methyl sites for hydroxylation is 1. The number of carbonyl (C=O) groups excluding carboxylic acids is 3. The Morgan fingerprint density at radius 1 is 1.15 bits per heavy atom. The zero-order chi connectivity index (χ0) is 25.0. The number of anilines is 1. The van der Waals surface area contributed by atoms with Gasteiger partial charge in [-0.25, -0.2) is 9.59 Å². The smallest absolute Gasteiger partial charge is 0.410 e. The van der Waals surface area contributed by atoms with Crippen LogP contribution in [-0.4, -0.2) is 72.8 Å². The third-order valence-corrected chi connectivity index (χ3v) is 6.01. The molecule has 0 aliphatic carbocycles. The van der Waals surface area contributed by atoms with E-state index in [1.54, 1.807) is 11.0 Å². The third-order valence-electron chi connectivity index (χ3n) is 6.01. The lowest BCUT2D eigenvalue weighted by atomic mass is 9.90. The molecule has 2 saturated heterocycles. The molecule has 0 radical (unpaired) electrons. The molecule has 2 aliphatic heterocycles. The summed E-state index contributed by atoms with van der Waals surface area (Å²) >= 11 is 0. The van der Waals surface area contributed by atoms with Crippen molar-refractivity contribution in [3.63, 3.8) is 0 Å². The number of imide groups is 1. The van der Waals surface area contributed by atoms with Crippen molar-refractivity contribution in [2.24, 2.45) is 5.92 Å². The summed E-state index contributed by atoms with van der Waals surface area (Å²) < 4.78 is 10.9. The number of hydrogen-bond acceptors (Lipinski definition) is 7. The molecule has 2 fully saturated rings. The summed E-state index contributed by atoms with van der Waals surface area (Å²) in [7, 11) is 1.43. The van der Waals surface area contributed by atoms with E-state index in [9.17, 15) is 24.3 Å². The summed E-state index contributed by atoms with van der Waals surface area (Å²) in [6, 6.07) is 3.52. The van der Waals surface area contributed by atoms with Gasteiger partial charge in [0.05, 0.1) is 7.11 Å². The summed E-state index contributed by atoms with van der Waals surface area (Å²) in [4.78, 5) is 51.6. The molecule has 10 nitrogen and oxygen atoms in total. The lowest BCUT2D eigenvalue weighted by Gasteiger charge is -2.37. The topological polar surface area (TPSA) is 125 Å². The molecule has 0 aromatic heterocycles. The van der Waals surface area contributed by atoms with Gasteiger partial charge in [0, 0.05) is 50.3 Å². The Hall–Kier alpha value is -3.30. The molecule has 186 valence electrons. The Kier molecular flexibility index (Phi) is 7.68. The first kappa shape index (κ1) is 25.3.